The summed E-state index contributed by atoms with van der Waals surface area (Å²) in [5.41, 5.74) is 8.86. The van der Waals surface area contributed by atoms with Crippen LogP contribution in [0.15, 0.2) is 12.1 Å². The van der Waals surface area contributed by atoms with E-state index in [-0.39, 0.29) is 0 Å². The summed E-state index contributed by atoms with van der Waals surface area (Å²) in [6.07, 6.45) is 0. The number of benzene rings is 1. The molecule has 0 bridgehead atoms. The SMILES string of the molecule is CC(C)N(C)Cc1cc(N)cc2c1OCOC2. The number of rotatable bonds is 3. The van der Waals surface area contributed by atoms with Gasteiger partial charge in [-0.05, 0) is 33.0 Å². The number of hydrogen-bond acceptors (Lipinski definition) is 4. The quantitative estimate of drug-likeness (QED) is 0.815. The predicted octanol–water partition coefficient (Wildman–Crippen LogP) is 1.98. The van der Waals surface area contributed by atoms with Crippen molar-refractivity contribution in [1.29, 1.82) is 0 Å². The Morgan fingerprint density at radius 1 is 1.41 bits per heavy atom. The highest BCUT2D eigenvalue weighted by atomic mass is 16.7. The van der Waals surface area contributed by atoms with Crippen molar-refractivity contribution in [1.82, 2.24) is 4.90 Å². The number of nitrogens with two attached hydrogens (primary N) is 1. The largest absolute Gasteiger partial charge is 0.467 e. The van der Waals surface area contributed by atoms with E-state index in [1.807, 2.05) is 12.1 Å². The fraction of sp³-hybridized carbons (Fsp3) is 0.538. The van der Waals surface area contributed by atoms with Crippen LogP contribution in [0.5, 0.6) is 5.75 Å². The summed E-state index contributed by atoms with van der Waals surface area (Å²) in [5, 5.41) is 0. The van der Waals surface area contributed by atoms with Gasteiger partial charge in [0.2, 0.25) is 0 Å². The van der Waals surface area contributed by atoms with E-state index in [0.717, 1.165) is 29.1 Å². The van der Waals surface area contributed by atoms with Crippen molar-refractivity contribution in [3.63, 3.8) is 0 Å². The molecule has 0 atom stereocenters. The van der Waals surface area contributed by atoms with Crippen molar-refractivity contribution in [3.8, 4) is 5.75 Å². The lowest BCUT2D eigenvalue weighted by Crippen LogP contribution is -2.26. The number of hydrogen-bond donors (Lipinski definition) is 1. The molecule has 2 N–H and O–H groups in total. The number of nitrogen functional groups attached to an aromatic ring is 1. The first-order valence-electron chi connectivity index (χ1n) is 5.90. The van der Waals surface area contributed by atoms with E-state index in [9.17, 15) is 0 Å². The maximum absolute atomic E-state index is 5.90. The highest BCUT2D eigenvalue weighted by molar-refractivity contribution is 5.53. The summed E-state index contributed by atoms with van der Waals surface area (Å²) in [7, 11) is 2.10. The lowest BCUT2D eigenvalue weighted by atomic mass is 10.1. The molecule has 0 amide bonds. The van der Waals surface area contributed by atoms with E-state index < -0.39 is 0 Å². The molecule has 0 radical (unpaired) electrons. The van der Waals surface area contributed by atoms with E-state index >= 15 is 0 Å². The smallest absolute Gasteiger partial charge is 0.189 e. The summed E-state index contributed by atoms with van der Waals surface area (Å²) in [5.74, 6) is 0.943. The Kier molecular flexibility index (Phi) is 3.54. The molecule has 0 spiro atoms. The van der Waals surface area contributed by atoms with Crippen molar-refractivity contribution in [2.75, 3.05) is 19.6 Å². The predicted molar refractivity (Wildman–Crippen MR) is 67.7 cm³/mol. The lowest BCUT2D eigenvalue weighted by molar-refractivity contribution is -0.0174. The minimum Gasteiger partial charge on any atom is -0.467 e. The van der Waals surface area contributed by atoms with Crippen molar-refractivity contribution in [2.24, 2.45) is 0 Å². The highest BCUT2D eigenvalue weighted by Crippen LogP contribution is 2.31. The van der Waals surface area contributed by atoms with Crippen molar-refractivity contribution in [3.05, 3.63) is 23.3 Å². The van der Waals surface area contributed by atoms with Gasteiger partial charge >= 0.3 is 0 Å². The normalized spacial score (nSPS) is 14.9. The van der Waals surface area contributed by atoms with Crippen molar-refractivity contribution < 1.29 is 9.47 Å². The molecule has 1 aliphatic rings. The highest BCUT2D eigenvalue weighted by Gasteiger charge is 2.17. The Hall–Kier alpha value is -1.26. The Labute approximate surface area is 102 Å². The molecule has 1 aromatic carbocycles. The second-order valence-corrected chi connectivity index (χ2v) is 4.79. The second-order valence-electron chi connectivity index (χ2n) is 4.79. The summed E-state index contributed by atoms with van der Waals surface area (Å²) >= 11 is 0. The van der Waals surface area contributed by atoms with Crippen LogP contribution < -0.4 is 10.5 Å². The third-order valence-corrected chi connectivity index (χ3v) is 3.11. The topological polar surface area (TPSA) is 47.7 Å². The van der Waals surface area contributed by atoms with Gasteiger partial charge in [-0.1, -0.05) is 0 Å². The Morgan fingerprint density at radius 2 is 2.18 bits per heavy atom. The Balaban J connectivity index is 2.29. The monoisotopic (exact) mass is 236 g/mol. The maximum atomic E-state index is 5.90. The molecule has 1 heterocycles. The third-order valence-electron chi connectivity index (χ3n) is 3.11. The first-order chi connectivity index (χ1) is 8.08. The van der Waals surface area contributed by atoms with Crippen LogP contribution in [-0.4, -0.2) is 24.8 Å². The molecule has 1 aliphatic heterocycles. The molecule has 4 heteroatoms. The van der Waals surface area contributed by atoms with E-state index in [1.165, 1.54) is 0 Å². The van der Waals surface area contributed by atoms with Crippen molar-refractivity contribution >= 4 is 5.69 Å². The molecule has 17 heavy (non-hydrogen) atoms. The average Bonchev–Trinajstić information content (AvgIpc) is 2.28. The number of ether oxygens (including phenoxy) is 2. The first-order valence-corrected chi connectivity index (χ1v) is 5.90. The first kappa shape index (κ1) is 12.2. The van der Waals surface area contributed by atoms with E-state index in [4.69, 9.17) is 15.2 Å². The zero-order chi connectivity index (χ0) is 12.4. The number of fused-ring (bicyclic) bond motifs is 1. The van der Waals surface area contributed by atoms with Gasteiger partial charge in [0.25, 0.3) is 0 Å². The van der Waals surface area contributed by atoms with Crippen LogP contribution >= 0.6 is 0 Å². The van der Waals surface area contributed by atoms with Crippen LogP contribution in [0.2, 0.25) is 0 Å². The van der Waals surface area contributed by atoms with Gasteiger partial charge in [0.1, 0.15) is 5.75 Å². The number of anilines is 1. The molecule has 0 saturated carbocycles. The van der Waals surface area contributed by atoms with E-state index in [0.29, 0.717) is 19.4 Å². The zero-order valence-corrected chi connectivity index (χ0v) is 10.7. The second kappa shape index (κ2) is 4.94. The van der Waals surface area contributed by atoms with Crippen LogP contribution in [0.3, 0.4) is 0 Å². The summed E-state index contributed by atoms with van der Waals surface area (Å²) in [4.78, 5) is 2.26. The molecule has 0 aliphatic carbocycles. The van der Waals surface area contributed by atoms with Crippen LogP contribution in [0.4, 0.5) is 5.69 Å². The molecule has 0 unspecified atom stereocenters. The summed E-state index contributed by atoms with van der Waals surface area (Å²) < 4.78 is 10.9. The minimum atomic E-state index is 0.329. The van der Waals surface area contributed by atoms with E-state index in [1.54, 1.807) is 0 Å². The molecule has 4 nitrogen and oxygen atoms in total. The van der Waals surface area contributed by atoms with Crippen molar-refractivity contribution in [2.45, 2.75) is 33.0 Å². The standard InChI is InChI=1S/C13H20N2O2/c1-9(2)15(3)6-10-4-12(14)5-11-7-16-8-17-13(10)11/h4-5,9H,6-8,14H2,1-3H3. The molecule has 0 fully saturated rings. The van der Waals surface area contributed by atoms with E-state index in [2.05, 4.69) is 25.8 Å². The molecule has 1 aromatic rings. The zero-order valence-electron chi connectivity index (χ0n) is 10.7. The van der Waals surface area contributed by atoms with Crippen LogP contribution in [0, 0.1) is 0 Å². The van der Waals surface area contributed by atoms with Crippen LogP contribution in [0.25, 0.3) is 0 Å². The van der Waals surface area contributed by atoms with Crippen LogP contribution in [-0.2, 0) is 17.9 Å². The molecular weight excluding hydrogens is 216 g/mol. The van der Waals surface area contributed by atoms with Crippen LogP contribution in [0.1, 0.15) is 25.0 Å². The Morgan fingerprint density at radius 3 is 2.88 bits per heavy atom. The molecule has 2 rings (SSSR count). The van der Waals surface area contributed by atoms with Gasteiger partial charge in [0.15, 0.2) is 6.79 Å². The molecule has 0 saturated heterocycles. The Bertz CT molecular complexity index is 405. The molecular formula is C13H20N2O2. The van der Waals surface area contributed by atoms with Gasteiger partial charge in [0.05, 0.1) is 6.61 Å². The van der Waals surface area contributed by atoms with Gasteiger partial charge in [-0.2, -0.15) is 0 Å². The van der Waals surface area contributed by atoms with Gasteiger partial charge in [0, 0.05) is 29.4 Å². The summed E-state index contributed by atoms with van der Waals surface area (Å²) in [6, 6.07) is 4.41. The number of nitrogens with zero attached hydrogens (tertiary/aromatic N) is 1. The fourth-order valence-corrected chi connectivity index (χ4v) is 1.89. The van der Waals surface area contributed by atoms with Gasteiger partial charge in [-0.25, -0.2) is 0 Å². The molecule has 94 valence electrons. The maximum Gasteiger partial charge on any atom is 0.189 e. The summed E-state index contributed by atoms with van der Waals surface area (Å²) in [6.45, 7) is 6.09. The fourth-order valence-electron chi connectivity index (χ4n) is 1.89. The van der Waals surface area contributed by atoms with Gasteiger partial charge in [-0.3, -0.25) is 4.90 Å². The average molecular weight is 236 g/mol. The van der Waals surface area contributed by atoms with Gasteiger partial charge in [-0.15, -0.1) is 0 Å². The third kappa shape index (κ3) is 2.70. The molecule has 0 aromatic heterocycles. The van der Waals surface area contributed by atoms with Gasteiger partial charge < -0.3 is 15.2 Å². The minimum absolute atomic E-state index is 0.329. The lowest BCUT2D eigenvalue weighted by Gasteiger charge is -2.26.